The van der Waals surface area contributed by atoms with E-state index in [-0.39, 0.29) is 17.1 Å². The summed E-state index contributed by atoms with van der Waals surface area (Å²) in [5.74, 6) is -1.30. The molecule has 94 valence electrons. The van der Waals surface area contributed by atoms with E-state index in [9.17, 15) is 14.3 Å². The third-order valence-electron chi connectivity index (χ3n) is 2.58. The number of carbonyl (C=O) groups excluding carboxylic acids is 1. The summed E-state index contributed by atoms with van der Waals surface area (Å²) in [5, 5.41) is 12.2. The number of amides is 1. The molecule has 0 saturated heterocycles. The van der Waals surface area contributed by atoms with Crippen LogP contribution < -0.4 is 5.32 Å². The first-order chi connectivity index (χ1) is 7.87. The molecule has 1 unspecified atom stereocenters. The van der Waals surface area contributed by atoms with Crippen molar-refractivity contribution in [1.29, 1.82) is 0 Å². The van der Waals surface area contributed by atoms with Gasteiger partial charge in [0.15, 0.2) is 0 Å². The average Bonchev–Trinajstić information content (AvgIpc) is 2.26. The Morgan fingerprint density at radius 2 is 2.24 bits per heavy atom. The summed E-state index contributed by atoms with van der Waals surface area (Å²) in [7, 11) is 0. The summed E-state index contributed by atoms with van der Waals surface area (Å²) in [6.45, 7) is 3.44. The first-order valence-corrected chi connectivity index (χ1v) is 5.70. The molecule has 1 rings (SSSR count). The maximum atomic E-state index is 13.4. The maximum Gasteiger partial charge on any atom is 0.255 e. The normalized spacial score (nSPS) is 14.2. The number of halogens is 2. The summed E-state index contributed by atoms with van der Waals surface area (Å²) in [4.78, 5) is 11.7. The predicted octanol–water partition coefficient (Wildman–Crippen LogP) is 2.37. The number of aliphatic hydroxyl groups is 1. The lowest BCUT2D eigenvalue weighted by Crippen LogP contribution is -2.40. The van der Waals surface area contributed by atoms with Gasteiger partial charge in [-0.15, -0.1) is 0 Å². The zero-order chi connectivity index (χ0) is 13.1. The lowest BCUT2D eigenvalue weighted by Gasteiger charge is -2.21. The van der Waals surface area contributed by atoms with Crippen molar-refractivity contribution >= 4 is 17.5 Å². The summed E-state index contributed by atoms with van der Waals surface area (Å²) < 4.78 is 13.4. The molecule has 0 saturated carbocycles. The molecule has 1 aromatic rings. The minimum atomic E-state index is -1.01. The molecule has 0 bridgehead atoms. The van der Waals surface area contributed by atoms with Gasteiger partial charge in [-0.1, -0.05) is 24.6 Å². The van der Waals surface area contributed by atoms with Crippen molar-refractivity contribution in [3.05, 3.63) is 34.6 Å². The van der Waals surface area contributed by atoms with Crippen molar-refractivity contribution in [3.63, 3.8) is 0 Å². The Bertz CT molecular complexity index is 401. The standard InChI is InChI=1S/C12H15ClFNO2/c1-3-12(2,17)7-15-11(16)10-8(13)5-4-6-9(10)14/h4-6,17H,3,7H2,1-2H3,(H,15,16). The van der Waals surface area contributed by atoms with Crippen LogP contribution in [0.1, 0.15) is 30.6 Å². The zero-order valence-electron chi connectivity index (χ0n) is 9.76. The molecule has 2 N–H and O–H groups in total. The first kappa shape index (κ1) is 13.9. The summed E-state index contributed by atoms with van der Waals surface area (Å²) >= 11 is 5.74. The second-order valence-corrected chi connectivity index (χ2v) is 4.54. The monoisotopic (exact) mass is 259 g/mol. The molecule has 0 aliphatic carbocycles. The van der Waals surface area contributed by atoms with Crippen molar-refractivity contribution in [3.8, 4) is 0 Å². The average molecular weight is 260 g/mol. The van der Waals surface area contributed by atoms with E-state index in [0.717, 1.165) is 0 Å². The number of hydrogen-bond donors (Lipinski definition) is 2. The van der Waals surface area contributed by atoms with E-state index in [0.29, 0.717) is 6.42 Å². The van der Waals surface area contributed by atoms with E-state index in [4.69, 9.17) is 11.6 Å². The second kappa shape index (κ2) is 5.47. The summed E-state index contributed by atoms with van der Waals surface area (Å²) in [6, 6.07) is 4.03. The SMILES string of the molecule is CCC(C)(O)CNC(=O)c1c(F)cccc1Cl. The van der Waals surface area contributed by atoms with Crippen molar-refractivity contribution < 1.29 is 14.3 Å². The third-order valence-corrected chi connectivity index (χ3v) is 2.90. The third kappa shape index (κ3) is 3.68. The second-order valence-electron chi connectivity index (χ2n) is 4.13. The summed E-state index contributed by atoms with van der Waals surface area (Å²) in [5.41, 5.74) is -1.20. The molecule has 3 nitrogen and oxygen atoms in total. The zero-order valence-corrected chi connectivity index (χ0v) is 10.5. The molecule has 0 fully saturated rings. The van der Waals surface area contributed by atoms with Gasteiger partial charge in [0.25, 0.3) is 5.91 Å². The molecule has 0 heterocycles. The first-order valence-electron chi connectivity index (χ1n) is 5.32. The molecular weight excluding hydrogens is 245 g/mol. The highest BCUT2D eigenvalue weighted by Gasteiger charge is 2.21. The van der Waals surface area contributed by atoms with Gasteiger partial charge in [-0.3, -0.25) is 4.79 Å². The molecule has 1 amide bonds. The number of rotatable bonds is 4. The van der Waals surface area contributed by atoms with Crippen LogP contribution in [0.3, 0.4) is 0 Å². The van der Waals surface area contributed by atoms with Crippen LogP contribution >= 0.6 is 11.6 Å². The van der Waals surface area contributed by atoms with Crippen LogP contribution in [-0.2, 0) is 0 Å². The Morgan fingerprint density at radius 1 is 1.59 bits per heavy atom. The molecule has 0 radical (unpaired) electrons. The predicted molar refractivity (Wildman–Crippen MR) is 64.7 cm³/mol. The van der Waals surface area contributed by atoms with Crippen LogP contribution in [0.5, 0.6) is 0 Å². The van der Waals surface area contributed by atoms with Crippen molar-refractivity contribution in [2.75, 3.05) is 6.54 Å². The van der Waals surface area contributed by atoms with Gasteiger partial charge in [0.05, 0.1) is 16.2 Å². The van der Waals surface area contributed by atoms with Crippen molar-refractivity contribution in [2.24, 2.45) is 0 Å². The van der Waals surface area contributed by atoms with Crippen molar-refractivity contribution in [1.82, 2.24) is 5.32 Å². The topological polar surface area (TPSA) is 49.3 Å². The minimum absolute atomic E-state index is 0.0486. The van der Waals surface area contributed by atoms with E-state index >= 15 is 0 Å². The molecule has 0 aromatic heterocycles. The molecule has 1 aromatic carbocycles. The molecular formula is C12H15ClFNO2. The van der Waals surface area contributed by atoms with E-state index < -0.39 is 17.3 Å². The summed E-state index contributed by atoms with van der Waals surface area (Å²) in [6.07, 6.45) is 0.484. The number of nitrogens with one attached hydrogen (secondary N) is 1. The van der Waals surface area contributed by atoms with Crippen LogP contribution in [0.15, 0.2) is 18.2 Å². The fraction of sp³-hybridized carbons (Fsp3) is 0.417. The molecule has 1 atom stereocenters. The van der Waals surface area contributed by atoms with Gasteiger partial charge in [-0.25, -0.2) is 4.39 Å². The molecule has 0 aliphatic rings. The van der Waals surface area contributed by atoms with Crippen LogP contribution in [0.25, 0.3) is 0 Å². The van der Waals surface area contributed by atoms with Crippen LogP contribution in [0.4, 0.5) is 4.39 Å². The quantitative estimate of drug-likeness (QED) is 0.872. The highest BCUT2D eigenvalue weighted by atomic mass is 35.5. The number of benzene rings is 1. The number of hydrogen-bond acceptors (Lipinski definition) is 2. The van der Waals surface area contributed by atoms with Crippen LogP contribution in [0.2, 0.25) is 5.02 Å². The van der Waals surface area contributed by atoms with E-state index in [1.54, 1.807) is 13.8 Å². The fourth-order valence-corrected chi connectivity index (χ4v) is 1.45. The fourth-order valence-electron chi connectivity index (χ4n) is 1.20. The highest BCUT2D eigenvalue weighted by molar-refractivity contribution is 6.33. The minimum Gasteiger partial charge on any atom is -0.388 e. The highest BCUT2D eigenvalue weighted by Crippen LogP contribution is 2.19. The largest absolute Gasteiger partial charge is 0.388 e. The maximum absolute atomic E-state index is 13.4. The van der Waals surface area contributed by atoms with Gasteiger partial charge in [-0.2, -0.15) is 0 Å². The lowest BCUT2D eigenvalue weighted by molar-refractivity contribution is 0.0517. The Balaban J connectivity index is 2.78. The molecule has 0 spiro atoms. The molecule has 0 aliphatic heterocycles. The van der Waals surface area contributed by atoms with Crippen LogP contribution in [0, 0.1) is 5.82 Å². The van der Waals surface area contributed by atoms with Gasteiger partial charge in [0.2, 0.25) is 0 Å². The Hall–Kier alpha value is -1.13. The van der Waals surface area contributed by atoms with Crippen molar-refractivity contribution in [2.45, 2.75) is 25.9 Å². The lowest BCUT2D eigenvalue weighted by atomic mass is 10.0. The van der Waals surface area contributed by atoms with E-state index in [2.05, 4.69) is 5.32 Å². The van der Waals surface area contributed by atoms with E-state index in [1.807, 2.05) is 0 Å². The smallest absolute Gasteiger partial charge is 0.255 e. The van der Waals surface area contributed by atoms with Gasteiger partial charge < -0.3 is 10.4 Å². The number of carbonyl (C=O) groups is 1. The molecule has 17 heavy (non-hydrogen) atoms. The van der Waals surface area contributed by atoms with Gasteiger partial charge in [0.1, 0.15) is 5.82 Å². The van der Waals surface area contributed by atoms with E-state index in [1.165, 1.54) is 18.2 Å². The van der Waals surface area contributed by atoms with Gasteiger partial charge in [0, 0.05) is 6.54 Å². The Labute approximate surface area is 105 Å². The Morgan fingerprint density at radius 3 is 2.76 bits per heavy atom. The van der Waals surface area contributed by atoms with Gasteiger partial charge in [-0.05, 0) is 25.5 Å². The van der Waals surface area contributed by atoms with Gasteiger partial charge >= 0.3 is 0 Å². The Kier molecular flexibility index (Phi) is 4.48. The van der Waals surface area contributed by atoms with Crippen LogP contribution in [-0.4, -0.2) is 23.2 Å². The molecule has 5 heteroatoms.